The molecular weight excluding hydrogens is 196 g/mol. The summed E-state index contributed by atoms with van der Waals surface area (Å²) >= 11 is 0. The van der Waals surface area contributed by atoms with Crippen molar-refractivity contribution in [3.8, 4) is 18.4 Å². The lowest BCUT2D eigenvalue weighted by atomic mass is 9.99. The molecule has 0 radical (unpaired) electrons. The smallest absolute Gasteiger partial charge is 0.0746 e. The molecule has 0 spiro atoms. The molecule has 1 unspecified atom stereocenters. The SMILES string of the molecule is C#CC(C)(C)NC(CC#N)c1ccccc1. The van der Waals surface area contributed by atoms with Crippen molar-refractivity contribution < 1.29 is 0 Å². The van der Waals surface area contributed by atoms with Crippen LogP contribution in [0.1, 0.15) is 31.9 Å². The predicted octanol–water partition coefficient (Wildman–Crippen LogP) is 2.64. The summed E-state index contributed by atoms with van der Waals surface area (Å²) in [6.07, 6.45) is 5.85. The lowest BCUT2D eigenvalue weighted by Gasteiger charge is -2.26. The largest absolute Gasteiger partial charge is 0.294 e. The Labute approximate surface area is 97.3 Å². The minimum absolute atomic E-state index is 0.0164. The summed E-state index contributed by atoms with van der Waals surface area (Å²) in [4.78, 5) is 0. The summed E-state index contributed by atoms with van der Waals surface area (Å²) in [7, 11) is 0. The number of nitriles is 1. The van der Waals surface area contributed by atoms with Crippen molar-refractivity contribution >= 4 is 0 Å². The number of nitrogens with zero attached hydrogens (tertiary/aromatic N) is 1. The second-order valence-corrected chi connectivity index (χ2v) is 4.24. The molecule has 2 nitrogen and oxygen atoms in total. The van der Waals surface area contributed by atoms with Crippen LogP contribution in [0.15, 0.2) is 30.3 Å². The van der Waals surface area contributed by atoms with E-state index in [9.17, 15) is 0 Å². The van der Waals surface area contributed by atoms with Gasteiger partial charge in [0.15, 0.2) is 0 Å². The molecule has 82 valence electrons. The van der Waals surface area contributed by atoms with Gasteiger partial charge in [-0.2, -0.15) is 5.26 Å². The molecule has 0 saturated carbocycles. The quantitative estimate of drug-likeness (QED) is 0.779. The number of nitrogens with one attached hydrogen (secondary N) is 1. The third-order valence-electron chi connectivity index (χ3n) is 2.39. The van der Waals surface area contributed by atoms with Crippen molar-refractivity contribution in [2.24, 2.45) is 0 Å². The first-order valence-electron chi connectivity index (χ1n) is 5.26. The van der Waals surface area contributed by atoms with Gasteiger partial charge in [0.25, 0.3) is 0 Å². The van der Waals surface area contributed by atoms with Crippen molar-refractivity contribution in [2.45, 2.75) is 31.8 Å². The molecule has 0 bridgehead atoms. The molecule has 16 heavy (non-hydrogen) atoms. The molecule has 0 saturated heterocycles. The summed E-state index contributed by atoms with van der Waals surface area (Å²) in [6.45, 7) is 3.86. The highest BCUT2D eigenvalue weighted by molar-refractivity contribution is 5.22. The average molecular weight is 212 g/mol. The normalized spacial score (nSPS) is 12.5. The molecule has 0 fully saturated rings. The topological polar surface area (TPSA) is 35.8 Å². The number of benzene rings is 1. The van der Waals surface area contributed by atoms with Crippen LogP contribution in [0.4, 0.5) is 0 Å². The van der Waals surface area contributed by atoms with Crippen LogP contribution in [0.2, 0.25) is 0 Å². The van der Waals surface area contributed by atoms with Crippen LogP contribution in [0, 0.1) is 23.7 Å². The first-order valence-corrected chi connectivity index (χ1v) is 5.26. The number of hydrogen-bond acceptors (Lipinski definition) is 2. The van der Waals surface area contributed by atoms with E-state index in [1.165, 1.54) is 0 Å². The van der Waals surface area contributed by atoms with Crippen molar-refractivity contribution in [1.29, 1.82) is 5.26 Å². The maximum Gasteiger partial charge on any atom is 0.0746 e. The van der Waals surface area contributed by atoms with E-state index in [2.05, 4.69) is 17.3 Å². The Morgan fingerprint density at radius 3 is 2.50 bits per heavy atom. The fourth-order valence-corrected chi connectivity index (χ4v) is 1.51. The predicted molar refractivity (Wildman–Crippen MR) is 65.5 cm³/mol. The number of terminal acetylenes is 1. The Bertz CT molecular complexity index is 407. The second kappa shape index (κ2) is 5.35. The van der Waals surface area contributed by atoms with Gasteiger partial charge in [-0.3, -0.25) is 5.32 Å². The van der Waals surface area contributed by atoms with Gasteiger partial charge in [0.2, 0.25) is 0 Å². The average Bonchev–Trinajstić information content (AvgIpc) is 2.29. The molecule has 0 aliphatic carbocycles. The molecule has 0 amide bonds. The van der Waals surface area contributed by atoms with E-state index < -0.39 is 5.54 Å². The minimum atomic E-state index is -0.405. The van der Waals surface area contributed by atoms with E-state index in [-0.39, 0.29) is 6.04 Å². The standard InChI is InChI=1S/C14H16N2/c1-4-14(2,3)16-13(10-11-15)12-8-6-5-7-9-12/h1,5-9,13,16H,10H2,2-3H3. The van der Waals surface area contributed by atoms with E-state index in [1.54, 1.807) is 0 Å². The van der Waals surface area contributed by atoms with Gasteiger partial charge in [-0.25, -0.2) is 0 Å². The molecule has 0 aromatic heterocycles. The van der Waals surface area contributed by atoms with E-state index in [1.807, 2.05) is 44.2 Å². The maximum atomic E-state index is 8.83. The zero-order valence-corrected chi connectivity index (χ0v) is 9.70. The summed E-state index contributed by atoms with van der Waals surface area (Å²) in [5.41, 5.74) is 0.685. The van der Waals surface area contributed by atoms with Crippen LogP contribution in [0.25, 0.3) is 0 Å². The molecule has 1 aromatic rings. The molecule has 2 heteroatoms. The van der Waals surface area contributed by atoms with Crippen molar-refractivity contribution in [1.82, 2.24) is 5.32 Å². The van der Waals surface area contributed by atoms with Crippen LogP contribution >= 0.6 is 0 Å². The highest BCUT2D eigenvalue weighted by Crippen LogP contribution is 2.19. The van der Waals surface area contributed by atoms with Crippen LogP contribution in [-0.2, 0) is 0 Å². The summed E-state index contributed by atoms with van der Waals surface area (Å²) in [6, 6.07) is 12.1. The Balaban J connectivity index is 2.86. The second-order valence-electron chi connectivity index (χ2n) is 4.24. The van der Waals surface area contributed by atoms with Crippen LogP contribution < -0.4 is 5.32 Å². The Morgan fingerprint density at radius 2 is 2.00 bits per heavy atom. The van der Waals surface area contributed by atoms with Gasteiger partial charge in [-0.1, -0.05) is 36.3 Å². The number of hydrogen-bond donors (Lipinski definition) is 1. The molecule has 0 aliphatic heterocycles. The minimum Gasteiger partial charge on any atom is -0.294 e. The third kappa shape index (κ3) is 3.42. The first kappa shape index (κ1) is 12.3. The van der Waals surface area contributed by atoms with E-state index in [0.717, 1.165) is 5.56 Å². The Morgan fingerprint density at radius 1 is 1.38 bits per heavy atom. The Hall–Kier alpha value is -1.77. The van der Waals surface area contributed by atoms with Gasteiger partial charge < -0.3 is 0 Å². The van der Waals surface area contributed by atoms with Crippen molar-refractivity contribution in [3.05, 3.63) is 35.9 Å². The zero-order chi connectivity index (χ0) is 12.0. The van der Waals surface area contributed by atoms with Gasteiger partial charge in [-0.15, -0.1) is 6.42 Å². The summed E-state index contributed by atoms with van der Waals surface area (Å²) in [5, 5.41) is 12.1. The molecule has 1 N–H and O–H groups in total. The number of rotatable bonds is 4. The highest BCUT2D eigenvalue weighted by atomic mass is 15.0. The molecule has 1 atom stereocenters. The molecule has 1 rings (SSSR count). The fraction of sp³-hybridized carbons (Fsp3) is 0.357. The van der Waals surface area contributed by atoms with Gasteiger partial charge >= 0.3 is 0 Å². The maximum absolute atomic E-state index is 8.83. The van der Waals surface area contributed by atoms with Crippen molar-refractivity contribution in [3.63, 3.8) is 0 Å². The van der Waals surface area contributed by atoms with E-state index in [0.29, 0.717) is 6.42 Å². The third-order valence-corrected chi connectivity index (χ3v) is 2.39. The molecule has 0 aliphatic rings. The van der Waals surface area contributed by atoms with Gasteiger partial charge in [0.1, 0.15) is 0 Å². The zero-order valence-electron chi connectivity index (χ0n) is 9.70. The van der Waals surface area contributed by atoms with Crippen LogP contribution in [0.3, 0.4) is 0 Å². The first-order chi connectivity index (χ1) is 7.59. The van der Waals surface area contributed by atoms with Gasteiger partial charge in [-0.05, 0) is 19.4 Å². The highest BCUT2D eigenvalue weighted by Gasteiger charge is 2.20. The monoisotopic (exact) mass is 212 g/mol. The summed E-state index contributed by atoms with van der Waals surface area (Å²) < 4.78 is 0. The van der Waals surface area contributed by atoms with E-state index in [4.69, 9.17) is 11.7 Å². The molecule has 1 aromatic carbocycles. The van der Waals surface area contributed by atoms with Crippen LogP contribution in [-0.4, -0.2) is 5.54 Å². The van der Waals surface area contributed by atoms with Gasteiger partial charge in [0, 0.05) is 6.04 Å². The fourth-order valence-electron chi connectivity index (χ4n) is 1.51. The Kier molecular flexibility index (Phi) is 4.11. The summed E-state index contributed by atoms with van der Waals surface area (Å²) in [5.74, 6) is 2.68. The van der Waals surface area contributed by atoms with E-state index >= 15 is 0 Å². The van der Waals surface area contributed by atoms with Gasteiger partial charge in [0.05, 0.1) is 18.0 Å². The molecular formula is C14H16N2. The van der Waals surface area contributed by atoms with Crippen LogP contribution in [0.5, 0.6) is 0 Å². The van der Waals surface area contributed by atoms with Crippen molar-refractivity contribution in [2.75, 3.05) is 0 Å². The molecule has 0 heterocycles. The lowest BCUT2D eigenvalue weighted by molar-refractivity contribution is 0.415. The lowest BCUT2D eigenvalue weighted by Crippen LogP contribution is -2.40.